The summed E-state index contributed by atoms with van der Waals surface area (Å²) >= 11 is 0. The lowest BCUT2D eigenvalue weighted by atomic mass is 9.92. The average Bonchev–Trinajstić information content (AvgIpc) is 2.74. The van der Waals surface area contributed by atoms with Gasteiger partial charge in [0.05, 0.1) is 24.7 Å². The second-order valence-corrected chi connectivity index (χ2v) is 4.75. The zero-order valence-corrected chi connectivity index (χ0v) is 9.89. The van der Waals surface area contributed by atoms with Crippen LogP contribution in [0, 0.1) is 0 Å². The molecule has 7 nitrogen and oxygen atoms in total. The van der Waals surface area contributed by atoms with E-state index in [4.69, 9.17) is 0 Å². The molecular weight excluding hydrogens is 234 g/mol. The van der Waals surface area contributed by atoms with Crippen LogP contribution in [0.5, 0.6) is 0 Å². The van der Waals surface area contributed by atoms with Crippen molar-refractivity contribution in [3.05, 3.63) is 22.9 Å². The minimum atomic E-state index is -0.769. The molecule has 2 aromatic heterocycles. The number of aromatic nitrogens is 4. The van der Waals surface area contributed by atoms with E-state index in [1.165, 1.54) is 12.5 Å². The summed E-state index contributed by atoms with van der Waals surface area (Å²) in [6, 6.07) is 0. The van der Waals surface area contributed by atoms with Crippen LogP contribution in [-0.4, -0.2) is 43.5 Å². The number of aliphatic hydroxyl groups is 1. The van der Waals surface area contributed by atoms with Crippen molar-refractivity contribution in [1.82, 2.24) is 25.1 Å². The molecule has 0 aliphatic carbocycles. The van der Waals surface area contributed by atoms with Crippen LogP contribution in [0.1, 0.15) is 12.8 Å². The third-order valence-electron chi connectivity index (χ3n) is 3.42. The first-order valence-corrected chi connectivity index (χ1v) is 6.00. The monoisotopic (exact) mass is 249 g/mol. The van der Waals surface area contributed by atoms with Crippen molar-refractivity contribution in [3.8, 4) is 0 Å². The van der Waals surface area contributed by atoms with Gasteiger partial charge >= 0.3 is 0 Å². The summed E-state index contributed by atoms with van der Waals surface area (Å²) in [6.07, 6.45) is 4.20. The number of fused-ring (bicyclic) bond motifs is 1. The van der Waals surface area contributed by atoms with Crippen LogP contribution in [-0.2, 0) is 6.54 Å². The van der Waals surface area contributed by atoms with Crippen molar-refractivity contribution < 1.29 is 5.11 Å². The summed E-state index contributed by atoms with van der Waals surface area (Å²) in [4.78, 5) is 18.2. The summed E-state index contributed by atoms with van der Waals surface area (Å²) in [7, 11) is 0. The Morgan fingerprint density at radius 2 is 2.22 bits per heavy atom. The zero-order chi connectivity index (χ0) is 12.6. The first-order valence-electron chi connectivity index (χ1n) is 6.00. The van der Waals surface area contributed by atoms with E-state index >= 15 is 0 Å². The van der Waals surface area contributed by atoms with E-state index in [1.807, 2.05) is 0 Å². The van der Waals surface area contributed by atoms with E-state index in [2.05, 4.69) is 20.4 Å². The van der Waals surface area contributed by atoms with E-state index in [-0.39, 0.29) is 5.56 Å². The SMILES string of the molecule is O=c1[nH]cnc2c1cnn2CC1(O)CCNCC1. The summed E-state index contributed by atoms with van der Waals surface area (Å²) in [6.45, 7) is 1.96. The molecule has 7 heteroatoms. The predicted octanol–water partition coefficient (Wildman–Crippen LogP) is -0.766. The molecule has 0 atom stereocenters. The van der Waals surface area contributed by atoms with Crippen molar-refractivity contribution in [2.45, 2.75) is 25.0 Å². The highest BCUT2D eigenvalue weighted by Gasteiger charge is 2.30. The molecule has 0 saturated carbocycles. The molecule has 1 fully saturated rings. The van der Waals surface area contributed by atoms with Crippen LogP contribution in [0.25, 0.3) is 11.0 Å². The molecule has 1 aliphatic heterocycles. The Morgan fingerprint density at radius 3 is 3.00 bits per heavy atom. The number of hydrogen-bond donors (Lipinski definition) is 3. The van der Waals surface area contributed by atoms with Gasteiger partial charge in [-0.1, -0.05) is 0 Å². The molecule has 0 radical (unpaired) electrons. The smallest absolute Gasteiger partial charge is 0.261 e. The molecule has 2 aromatic rings. The molecule has 1 saturated heterocycles. The van der Waals surface area contributed by atoms with Crippen LogP contribution in [0.3, 0.4) is 0 Å². The van der Waals surface area contributed by atoms with Gasteiger partial charge in [0, 0.05) is 0 Å². The molecule has 0 unspecified atom stereocenters. The van der Waals surface area contributed by atoms with Crippen molar-refractivity contribution in [2.75, 3.05) is 13.1 Å². The summed E-state index contributed by atoms with van der Waals surface area (Å²) in [5, 5.41) is 18.3. The lowest BCUT2D eigenvalue weighted by molar-refractivity contribution is -0.00729. The van der Waals surface area contributed by atoms with Crippen LogP contribution in [0.4, 0.5) is 0 Å². The fourth-order valence-electron chi connectivity index (χ4n) is 2.35. The van der Waals surface area contributed by atoms with Gasteiger partial charge in [0.2, 0.25) is 0 Å². The Kier molecular flexibility index (Phi) is 2.64. The lowest BCUT2D eigenvalue weighted by Gasteiger charge is -2.32. The number of hydrogen-bond acceptors (Lipinski definition) is 5. The lowest BCUT2D eigenvalue weighted by Crippen LogP contribution is -2.45. The van der Waals surface area contributed by atoms with Crippen LogP contribution in [0.15, 0.2) is 17.3 Å². The van der Waals surface area contributed by atoms with Crippen LogP contribution < -0.4 is 10.9 Å². The third-order valence-corrected chi connectivity index (χ3v) is 3.42. The maximum atomic E-state index is 11.5. The summed E-state index contributed by atoms with van der Waals surface area (Å²) in [5.41, 5.74) is -0.455. The molecular formula is C11H15N5O2. The second-order valence-electron chi connectivity index (χ2n) is 4.75. The molecule has 0 aromatic carbocycles. The zero-order valence-electron chi connectivity index (χ0n) is 9.89. The van der Waals surface area contributed by atoms with E-state index < -0.39 is 5.60 Å². The van der Waals surface area contributed by atoms with Gasteiger partial charge in [0.1, 0.15) is 5.39 Å². The number of rotatable bonds is 2. The van der Waals surface area contributed by atoms with E-state index in [0.29, 0.717) is 30.4 Å². The third kappa shape index (κ3) is 1.91. The van der Waals surface area contributed by atoms with Crippen molar-refractivity contribution in [1.29, 1.82) is 0 Å². The molecule has 3 N–H and O–H groups in total. The topological polar surface area (TPSA) is 95.8 Å². The normalized spacial score (nSPS) is 19.2. The quantitative estimate of drug-likeness (QED) is 0.650. The van der Waals surface area contributed by atoms with Gasteiger partial charge in [-0.2, -0.15) is 5.10 Å². The number of aromatic amines is 1. The first kappa shape index (κ1) is 11.4. The van der Waals surface area contributed by atoms with Crippen LogP contribution in [0.2, 0.25) is 0 Å². The van der Waals surface area contributed by atoms with Gasteiger partial charge in [-0.05, 0) is 25.9 Å². The molecule has 3 heterocycles. The molecule has 3 rings (SSSR count). The fourth-order valence-corrected chi connectivity index (χ4v) is 2.35. The molecule has 96 valence electrons. The average molecular weight is 249 g/mol. The number of piperidine rings is 1. The standard InChI is InChI=1S/C11H15N5O2/c17-10-8-5-15-16(9(8)13-7-14-10)6-11(18)1-3-12-4-2-11/h5,7,12,18H,1-4,6H2,(H,13,14,17). The Labute approximate surface area is 103 Å². The van der Waals surface area contributed by atoms with Gasteiger partial charge in [0.15, 0.2) is 5.65 Å². The molecule has 0 spiro atoms. The number of H-pyrrole nitrogens is 1. The van der Waals surface area contributed by atoms with Crippen molar-refractivity contribution >= 4 is 11.0 Å². The van der Waals surface area contributed by atoms with Crippen LogP contribution >= 0.6 is 0 Å². The highest BCUT2D eigenvalue weighted by molar-refractivity contribution is 5.72. The largest absolute Gasteiger partial charge is 0.388 e. The predicted molar refractivity (Wildman–Crippen MR) is 65.2 cm³/mol. The number of nitrogens with one attached hydrogen (secondary N) is 2. The minimum absolute atomic E-state index is 0.205. The highest BCUT2D eigenvalue weighted by atomic mass is 16.3. The summed E-state index contributed by atoms with van der Waals surface area (Å²) < 4.78 is 1.61. The second kappa shape index (κ2) is 4.18. The van der Waals surface area contributed by atoms with Gasteiger partial charge in [0.25, 0.3) is 5.56 Å². The Morgan fingerprint density at radius 1 is 1.44 bits per heavy atom. The van der Waals surface area contributed by atoms with Crippen molar-refractivity contribution in [3.63, 3.8) is 0 Å². The molecule has 1 aliphatic rings. The van der Waals surface area contributed by atoms with E-state index in [9.17, 15) is 9.90 Å². The van der Waals surface area contributed by atoms with Gasteiger partial charge in [-0.15, -0.1) is 0 Å². The van der Waals surface area contributed by atoms with Gasteiger partial charge < -0.3 is 15.4 Å². The molecule has 18 heavy (non-hydrogen) atoms. The fraction of sp³-hybridized carbons (Fsp3) is 0.545. The van der Waals surface area contributed by atoms with Crippen molar-refractivity contribution in [2.24, 2.45) is 0 Å². The molecule has 0 bridgehead atoms. The first-order chi connectivity index (χ1) is 8.68. The Bertz CT molecular complexity index is 611. The van der Waals surface area contributed by atoms with E-state index in [1.54, 1.807) is 4.68 Å². The summed E-state index contributed by atoms with van der Waals surface area (Å²) in [5.74, 6) is 0. The maximum Gasteiger partial charge on any atom is 0.261 e. The van der Waals surface area contributed by atoms with Gasteiger partial charge in [-0.3, -0.25) is 4.79 Å². The highest BCUT2D eigenvalue weighted by Crippen LogP contribution is 2.21. The minimum Gasteiger partial charge on any atom is -0.388 e. The maximum absolute atomic E-state index is 11.5. The Hall–Kier alpha value is -1.73. The Balaban J connectivity index is 1.95. The van der Waals surface area contributed by atoms with Gasteiger partial charge in [-0.25, -0.2) is 9.67 Å². The number of nitrogens with zero attached hydrogens (tertiary/aromatic N) is 3. The molecule has 0 amide bonds. The van der Waals surface area contributed by atoms with E-state index in [0.717, 1.165) is 13.1 Å².